The van der Waals surface area contributed by atoms with Gasteiger partial charge in [0.05, 0.1) is 56.4 Å². The summed E-state index contributed by atoms with van der Waals surface area (Å²) in [6, 6.07) is 66.0. The van der Waals surface area contributed by atoms with Crippen LogP contribution in [-0.2, 0) is 0 Å². The van der Waals surface area contributed by atoms with Crippen molar-refractivity contribution in [2.45, 2.75) is 0 Å². The second kappa shape index (κ2) is 11.8. The minimum atomic E-state index is 0.605. The van der Waals surface area contributed by atoms with E-state index in [-0.39, 0.29) is 0 Å². The fraction of sp³-hybridized carbons (Fsp3) is 0. The first kappa shape index (κ1) is 30.7. The molecule has 0 bridgehead atoms. The number of hydrogen-bond donors (Lipinski definition) is 0. The Morgan fingerprint density at radius 3 is 1.27 bits per heavy atom. The van der Waals surface area contributed by atoms with E-state index in [9.17, 15) is 10.5 Å². The van der Waals surface area contributed by atoms with Crippen molar-refractivity contribution < 1.29 is 0 Å². The van der Waals surface area contributed by atoms with Gasteiger partial charge in [-0.05, 0) is 102 Å². The fourth-order valence-electron chi connectivity index (χ4n) is 8.67. The summed E-state index contributed by atoms with van der Waals surface area (Å²) in [5.74, 6) is 0. The molecule has 11 aromatic rings. The van der Waals surface area contributed by atoms with Crippen molar-refractivity contribution in [3.63, 3.8) is 0 Å². The summed E-state index contributed by atoms with van der Waals surface area (Å²) in [7, 11) is 0. The van der Waals surface area contributed by atoms with Gasteiger partial charge in [0.1, 0.15) is 0 Å². The maximum absolute atomic E-state index is 10.2. The maximum Gasteiger partial charge on any atom is 0.0992 e. The molecule has 0 aliphatic carbocycles. The molecule has 0 N–H and O–H groups in total. The predicted octanol–water partition coefficient (Wildman–Crippen LogP) is 12.4. The lowest BCUT2D eigenvalue weighted by molar-refractivity contribution is 1.16. The first-order valence-electron chi connectivity index (χ1n) is 18.3. The Kier molecular flexibility index (Phi) is 6.61. The Balaban J connectivity index is 1.06. The second-order valence-corrected chi connectivity index (χ2v) is 14.0. The van der Waals surface area contributed by atoms with Gasteiger partial charge < -0.3 is 13.7 Å². The lowest BCUT2D eigenvalue weighted by Crippen LogP contribution is -1.97. The highest BCUT2D eigenvalue weighted by Gasteiger charge is 2.18. The van der Waals surface area contributed by atoms with Crippen molar-refractivity contribution in [3.8, 4) is 40.3 Å². The molecule has 0 spiro atoms. The van der Waals surface area contributed by atoms with Crippen LogP contribution in [0.2, 0.25) is 0 Å². The highest BCUT2D eigenvalue weighted by molar-refractivity contribution is 6.13. The Morgan fingerprint density at radius 1 is 0.291 bits per heavy atom. The minimum absolute atomic E-state index is 0.605. The van der Waals surface area contributed by atoms with Crippen LogP contribution < -0.4 is 0 Å². The molecule has 0 saturated heterocycles. The van der Waals surface area contributed by atoms with Gasteiger partial charge in [0.15, 0.2) is 0 Å². The number of hydrogen-bond acceptors (Lipinski definition) is 2. The molecule has 3 heterocycles. The van der Waals surface area contributed by atoms with Crippen LogP contribution >= 0.6 is 0 Å². The van der Waals surface area contributed by atoms with Crippen LogP contribution in [0.1, 0.15) is 11.1 Å². The lowest BCUT2D eigenvalue weighted by Gasteiger charge is -2.13. The molecule has 8 aromatic carbocycles. The van der Waals surface area contributed by atoms with Crippen molar-refractivity contribution in [2.24, 2.45) is 0 Å². The molecular formula is C50H29N5. The zero-order chi connectivity index (χ0) is 36.6. The standard InChI is InChI=1S/C50H29N5/c51-30-32-17-23-49-43(27-32)44-29-37(54-45-13-5-1-9-39(45)40-10-2-6-14-46(40)54)22-24-50(44)53(49)36-20-18-34(19-21-36)35-25-33(31-52)26-38(28-35)55-47-15-7-3-11-41(47)42-12-4-8-16-48(42)55/h1-29H. The summed E-state index contributed by atoms with van der Waals surface area (Å²) in [5, 5.41) is 27.0. The Labute approximate surface area is 316 Å². The Bertz CT molecular complexity index is 3350. The summed E-state index contributed by atoms with van der Waals surface area (Å²) < 4.78 is 6.87. The number of fused-ring (bicyclic) bond motifs is 9. The molecule has 11 rings (SSSR count). The van der Waals surface area contributed by atoms with Crippen LogP contribution in [0, 0.1) is 22.7 Å². The third-order valence-corrected chi connectivity index (χ3v) is 11.1. The number of nitrogens with zero attached hydrogens (tertiary/aromatic N) is 5. The molecular weight excluding hydrogens is 671 g/mol. The number of rotatable bonds is 4. The van der Waals surface area contributed by atoms with Gasteiger partial charge in [-0.2, -0.15) is 10.5 Å². The van der Waals surface area contributed by atoms with E-state index in [0.29, 0.717) is 11.1 Å². The third-order valence-electron chi connectivity index (χ3n) is 11.1. The third kappa shape index (κ3) is 4.58. The molecule has 0 saturated carbocycles. The van der Waals surface area contributed by atoms with Gasteiger partial charge in [0, 0.05) is 49.4 Å². The maximum atomic E-state index is 10.2. The van der Waals surface area contributed by atoms with Crippen LogP contribution in [0.5, 0.6) is 0 Å². The van der Waals surface area contributed by atoms with Crippen LogP contribution in [0.15, 0.2) is 176 Å². The topological polar surface area (TPSA) is 62.4 Å². The van der Waals surface area contributed by atoms with Crippen molar-refractivity contribution in [3.05, 3.63) is 187 Å². The van der Waals surface area contributed by atoms with Gasteiger partial charge in [0.25, 0.3) is 0 Å². The quantitative estimate of drug-likeness (QED) is 0.184. The summed E-state index contributed by atoms with van der Waals surface area (Å²) in [4.78, 5) is 0. The van der Waals surface area contributed by atoms with E-state index in [2.05, 4.69) is 177 Å². The molecule has 5 nitrogen and oxygen atoms in total. The van der Waals surface area contributed by atoms with Crippen LogP contribution in [0.3, 0.4) is 0 Å². The smallest absolute Gasteiger partial charge is 0.0992 e. The van der Waals surface area contributed by atoms with Gasteiger partial charge >= 0.3 is 0 Å². The molecule has 0 amide bonds. The first-order valence-corrected chi connectivity index (χ1v) is 18.3. The summed E-state index contributed by atoms with van der Waals surface area (Å²) in [6.07, 6.45) is 0. The van der Waals surface area contributed by atoms with E-state index >= 15 is 0 Å². The largest absolute Gasteiger partial charge is 0.309 e. The molecule has 0 unspecified atom stereocenters. The summed E-state index contributed by atoms with van der Waals surface area (Å²) in [5.41, 5.74) is 12.9. The molecule has 5 heteroatoms. The van der Waals surface area contributed by atoms with Crippen LogP contribution in [0.25, 0.3) is 93.6 Å². The molecule has 3 aromatic heterocycles. The number of aromatic nitrogens is 3. The van der Waals surface area contributed by atoms with E-state index in [1.54, 1.807) is 0 Å². The van der Waals surface area contributed by atoms with Crippen molar-refractivity contribution in [1.82, 2.24) is 13.7 Å². The molecule has 55 heavy (non-hydrogen) atoms. The number of para-hydroxylation sites is 4. The Hall–Kier alpha value is -7.86. The predicted molar refractivity (Wildman–Crippen MR) is 224 cm³/mol. The minimum Gasteiger partial charge on any atom is -0.309 e. The van der Waals surface area contributed by atoms with E-state index in [0.717, 1.165) is 72.1 Å². The van der Waals surface area contributed by atoms with E-state index in [1.165, 1.54) is 21.5 Å². The first-order chi connectivity index (χ1) is 27.2. The monoisotopic (exact) mass is 699 g/mol. The Morgan fingerprint density at radius 2 is 0.727 bits per heavy atom. The van der Waals surface area contributed by atoms with Gasteiger partial charge in [0.2, 0.25) is 0 Å². The van der Waals surface area contributed by atoms with Crippen molar-refractivity contribution in [2.75, 3.05) is 0 Å². The fourth-order valence-corrected chi connectivity index (χ4v) is 8.67. The molecule has 0 radical (unpaired) electrons. The van der Waals surface area contributed by atoms with Crippen molar-refractivity contribution in [1.29, 1.82) is 10.5 Å². The van der Waals surface area contributed by atoms with E-state index in [1.807, 2.05) is 24.3 Å². The van der Waals surface area contributed by atoms with E-state index < -0.39 is 0 Å². The average molecular weight is 700 g/mol. The molecule has 0 aliphatic heterocycles. The van der Waals surface area contributed by atoms with E-state index in [4.69, 9.17) is 0 Å². The molecule has 0 atom stereocenters. The van der Waals surface area contributed by atoms with Gasteiger partial charge in [-0.15, -0.1) is 0 Å². The molecule has 254 valence electrons. The van der Waals surface area contributed by atoms with Crippen LogP contribution in [-0.4, -0.2) is 13.7 Å². The van der Waals surface area contributed by atoms with Crippen LogP contribution in [0.4, 0.5) is 0 Å². The number of benzene rings is 8. The van der Waals surface area contributed by atoms with Crippen molar-refractivity contribution >= 4 is 65.4 Å². The average Bonchev–Trinajstić information content (AvgIpc) is 3.89. The van der Waals surface area contributed by atoms with Gasteiger partial charge in [-0.1, -0.05) is 84.9 Å². The highest BCUT2D eigenvalue weighted by atomic mass is 15.0. The van der Waals surface area contributed by atoms with Gasteiger partial charge in [-0.25, -0.2) is 0 Å². The normalized spacial score (nSPS) is 11.6. The highest BCUT2D eigenvalue weighted by Crippen LogP contribution is 2.38. The lowest BCUT2D eigenvalue weighted by atomic mass is 10.0. The summed E-state index contributed by atoms with van der Waals surface area (Å²) in [6.45, 7) is 0. The SMILES string of the molecule is N#Cc1cc(-c2ccc(-n3c4ccc(C#N)cc4c4cc(-n5c6ccccc6c6ccccc65)ccc43)cc2)cc(-n2c3ccccc3c3ccccc32)c1. The second-order valence-electron chi connectivity index (χ2n) is 14.0. The zero-order valence-electron chi connectivity index (χ0n) is 29.5. The zero-order valence-corrected chi connectivity index (χ0v) is 29.5. The summed E-state index contributed by atoms with van der Waals surface area (Å²) >= 11 is 0. The van der Waals surface area contributed by atoms with Gasteiger partial charge in [-0.3, -0.25) is 0 Å². The number of nitriles is 2. The molecule has 0 aliphatic rings. The molecule has 0 fully saturated rings.